The molecule has 0 saturated heterocycles. The largest absolute Gasteiger partial charge is 0.478 e. The Labute approximate surface area is 183 Å². The van der Waals surface area contributed by atoms with Crippen molar-refractivity contribution in [3.63, 3.8) is 0 Å². The normalized spacial score (nSPS) is 11.4. The van der Waals surface area contributed by atoms with Gasteiger partial charge in [-0.1, -0.05) is 24.3 Å². The highest BCUT2D eigenvalue weighted by atomic mass is 16.7. The van der Waals surface area contributed by atoms with E-state index in [0.29, 0.717) is 32.3 Å². The molecule has 0 bridgehead atoms. The fourth-order valence-corrected chi connectivity index (χ4v) is 4.66. The third-order valence-electron chi connectivity index (χ3n) is 5.92. The number of fused-ring (bicyclic) bond motifs is 2. The number of aromatic carboxylic acids is 3. The lowest BCUT2D eigenvalue weighted by molar-refractivity contribution is 0.0505. The number of nitrogens with two attached hydrogens (primary N) is 1. The van der Waals surface area contributed by atoms with Crippen molar-refractivity contribution in [3.05, 3.63) is 70.8 Å². The second kappa shape index (κ2) is 6.87. The Morgan fingerprint density at radius 3 is 1.12 bits per heavy atom. The summed E-state index contributed by atoms with van der Waals surface area (Å²) in [5, 5.41) is 32.3. The van der Waals surface area contributed by atoms with Gasteiger partial charge < -0.3 is 20.2 Å². The maximum atomic E-state index is 12.3. The lowest BCUT2D eigenvalue weighted by Crippen LogP contribution is -2.12. The van der Waals surface area contributed by atoms with Gasteiger partial charge in [0, 0.05) is 10.8 Å². The third kappa shape index (κ3) is 2.63. The number of carbonyl (C=O) groups is 4. The molecule has 0 fully saturated rings. The van der Waals surface area contributed by atoms with Crippen molar-refractivity contribution in [2.24, 2.45) is 5.90 Å². The molecule has 0 unspecified atom stereocenters. The Morgan fingerprint density at radius 1 is 0.515 bits per heavy atom. The fourth-order valence-electron chi connectivity index (χ4n) is 4.66. The van der Waals surface area contributed by atoms with Crippen molar-refractivity contribution in [2.75, 3.05) is 0 Å². The van der Waals surface area contributed by atoms with Crippen molar-refractivity contribution in [3.8, 4) is 0 Å². The van der Waals surface area contributed by atoms with Crippen LogP contribution in [0, 0.1) is 0 Å². The van der Waals surface area contributed by atoms with Gasteiger partial charge in [0.2, 0.25) is 0 Å². The van der Waals surface area contributed by atoms with Crippen LogP contribution >= 0.6 is 0 Å². The average Bonchev–Trinajstić information content (AvgIpc) is 2.80. The Morgan fingerprint density at radius 2 is 0.818 bits per heavy atom. The Bertz CT molecular complexity index is 1630. The van der Waals surface area contributed by atoms with Crippen LogP contribution < -0.4 is 5.90 Å². The van der Waals surface area contributed by atoms with E-state index in [1.54, 1.807) is 24.3 Å². The molecule has 0 aromatic heterocycles. The molecule has 9 heteroatoms. The Balaban J connectivity index is 2.14. The molecular weight excluding hydrogens is 430 g/mol. The van der Waals surface area contributed by atoms with Crippen molar-refractivity contribution in [2.45, 2.75) is 0 Å². The standard InChI is InChI=1S/C24H13NO8/c25-33-24(32)16-8-4-12-10-2-6-14(22(28)29)19-13(21(26)27)5-1-9(17(10)19)11-3-7-15(23(30)31)20(16)18(11)12/h1-8H,25H2,(H,26,27)(H,28,29)(H,30,31). The molecule has 0 aliphatic carbocycles. The number of benzene rings is 5. The average molecular weight is 443 g/mol. The van der Waals surface area contributed by atoms with Gasteiger partial charge in [-0.05, 0) is 56.6 Å². The van der Waals surface area contributed by atoms with Gasteiger partial charge in [-0.25, -0.2) is 19.2 Å². The molecule has 5 aromatic carbocycles. The molecule has 0 aliphatic rings. The molecule has 0 atom stereocenters. The molecule has 0 amide bonds. The quantitative estimate of drug-likeness (QED) is 0.183. The van der Waals surface area contributed by atoms with Gasteiger partial charge in [-0.15, -0.1) is 0 Å². The number of hydrogen-bond acceptors (Lipinski definition) is 6. The van der Waals surface area contributed by atoms with Crippen molar-refractivity contribution in [1.82, 2.24) is 0 Å². The zero-order valence-electron chi connectivity index (χ0n) is 16.6. The first-order chi connectivity index (χ1) is 15.8. The highest BCUT2D eigenvalue weighted by Crippen LogP contribution is 2.44. The Hall–Kier alpha value is -4.76. The second-order valence-corrected chi connectivity index (χ2v) is 7.46. The smallest absolute Gasteiger partial charge is 0.357 e. The molecule has 33 heavy (non-hydrogen) atoms. The summed E-state index contributed by atoms with van der Waals surface area (Å²) in [6, 6.07) is 11.6. The number of carboxylic acid groups (broad SMARTS) is 3. The zero-order chi connectivity index (χ0) is 23.6. The van der Waals surface area contributed by atoms with Crippen LogP contribution in [-0.4, -0.2) is 39.2 Å². The van der Waals surface area contributed by atoms with Gasteiger partial charge in [-0.3, -0.25) is 0 Å². The summed E-state index contributed by atoms with van der Waals surface area (Å²) in [6.45, 7) is 0. The molecule has 9 nitrogen and oxygen atoms in total. The maximum absolute atomic E-state index is 12.3. The SMILES string of the molecule is NOC(=O)c1ccc2c3ccc(C(=O)O)c4c(C(=O)O)ccc(c5ccc(C(=O)O)c1c52)c43. The lowest BCUT2D eigenvalue weighted by Gasteiger charge is -2.18. The number of carboxylic acids is 3. The van der Waals surface area contributed by atoms with E-state index in [1.807, 2.05) is 0 Å². The number of hydrogen-bond donors (Lipinski definition) is 4. The van der Waals surface area contributed by atoms with Gasteiger partial charge in [0.1, 0.15) is 0 Å². The van der Waals surface area contributed by atoms with Crippen LogP contribution in [0.4, 0.5) is 0 Å². The van der Waals surface area contributed by atoms with E-state index < -0.39 is 23.9 Å². The topological polar surface area (TPSA) is 164 Å². The molecule has 162 valence electrons. The zero-order valence-corrected chi connectivity index (χ0v) is 16.6. The second-order valence-electron chi connectivity index (χ2n) is 7.46. The van der Waals surface area contributed by atoms with Gasteiger partial charge in [0.05, 0.1) is 22.3 Å². The summed E-state index contributed by atoms with van der Waals surface area (Å²) in [5.74, 6) is 0.330. The van der Waals surface area contributed by atoms with E-state index in [4.69, 9.17) is 5.90 Å². The third-order valence-corrected chi connectivity index (χ3v) is 5.92. The summed E-state index contributed by atoms with van der Waals surface area (Å²) in [6.07, 6.45) is 0. The summed E-state index contributed by atoms with van der Waals surface area (Å²) >= 11 is 0. The number of rotatable bonds is 4. The predicted molar refractivity (Wildman–Crippen MR) is 118 cm³/mol. The van der Waals surface area contributed by atoms with Crippen LogP contribution in [0.25, 0.3) is 43.1 Å². The van der Waals surface area contributed by atoms with Crippen LogP contribution in [0.1, 0.15) is 41.4 Å². The van der Waals surface area contributed by atoms with E-state index in [0.717, 1.165) is 0 Å². The highest BCUT2D eigenvalue weighted by molar-refractivity contribution is 6.38. The monoisotopic (exact) mass is 443 g/mol. The van der Waals surface area contributed by atoms with Gasteiger partial charge in [0.25, 0.3) is 0 Å². The molecule has 0 spiro atoms. The fraction of sp³-hybridized carbons (Fsp3) is 0. The van der Waals surface area contributed by atoms with Crippen LogP contribution in [0.15, 0.2) is 48.5 Å². The molecule has 0 saturated carbocycles. The molecule has 0 aliphatic heterocycles. The van der Waals surface area contributed by atoms with Crippen LogP contribution in [0.2, 0.25) is 0 Å². The maximum Gasteiger partial charge on any atom is 0.357 e. The van der Waals surface area contributed by atoms with Crippen LogP contribution in [0.3, 0.4) is 0 Å². The Kier molecular flexibility index (Phi) is 4.20. The van der Waals surface area contributed by atoms with Gasteiger partial charge >= 0.3 is 23.9 Å². The molecule has 0 heterocycles. The minimum atomic E-state index is -1.28. The van der Waals surface area contributed by atoms with Crippen molar-refractivity contribution >= 4 is 67.0 Å². The molecular formula is C24H13NO8. The molecule has 5 rings (SSSR count). The number of carbonyl (C=O) groups excluding carboxylic acids is 1. The summed E-state index contributed by atoms with van der Waals surface area (Å²) < 4.78 is 0. The van der Waals surface area contributed by atoms with Crippen molar-refractivity contribution < 1.29 is 39.3 Å². The minimum Gasteiger partial charge on any atom is -0.478 e. The van der Waals surface area contributed by atoms with Crippen LogP contribution in [0.5, 0.6) is 0 Å². The van der Waals surface area contributed by atoms with E-state index in [-0.39, 0.29) is 33.0 Å². The van der Waals surface area contributed by atoms with E-state index in [1.165, 1.54) is 24.3 Å². The van der Waals surface area contributed by atoms with E-state index in [9.17, 15) is 34.5 Å². The first-order valence-corrected chi connectivity index (χ1v) is 9.57. The molecule has 5 aromatic rings. The highest BCUT2D eigenvalue weighted by Gasteiger charge is 2.25. The summed E-state index contributed by atoms with van der Waals surface area (Å²) in [7, 11) is 0. The summed E-state index contributed by atoms with van der Waals surface area (Å²) in [4.78, 5) is 52.5. The summed E-state index contributed by atoms with van der Waals surface area (Å²) in [5.41, 5.74) is -0.518. The van der Waals surface area contributed by atoms with E-state index >= 15 is 0 Å². The van der Waals surface area contributed by atoms with Crippen molar-refractivity contribution in [1.29, 1.82) is 0 Å². The van der Waals surface area contributed by atoms with Gasteiger partial charge in [-0.2, -0.15) is 5.90 Å². The van der Waals surface area contributed by atoms with E-state index in [2.05, 4.69) is 4.84 Å². The first kappa shape index (κ1) is 20.2. The lowest BCUT2D eigenvalue weighted by atomic mass is 9.84. The van der Waals surface area contributed by atoms with Gasteiger partial charge in [0.15, 0.2) is 0 Å². The first-order valence-electron chi connectivity index (χ1n) is 9.57. The predicted octanol–water partition coefficient (Wildman–Crippen LogP) is 3.86. The molecule has 5 N–H and O–H groups in total. The molecule has 0 radical (unpaired) electrons. The van der Waals surface area contributed by atoms with Crippen LogP contribution in [-0.2, 0) is 4.84 Å². The minimum absolute atomic E-state index is 0.0421.